The quantitative estimate of drug-likeness (QED) is 0.445. The second-order valence-corrected chi connectivity index (χ2v) is 5.37. The number of carbonyl (C=O) groups is 1. The molecule has 138 valence electrons. The largest absolute Gasteiger partial charge is 0.453 e. The molecule has 0 fully saturated rings. The van der Waals surface area contributed by atoms with Gasteiger partial charge >= 0.3 is 12.6 Å². The van der Waals surface area contributed by atoms with Crippen LogP contribution >= 0.6 is 0 Å². The molecule has 0 saturated carbocycles. The average Bonchev–Trinajstić information content (AvgIpc) is 3.15. The van der Waals surface area contributed by atoms with E-state index in [9.17, 15) is 13.6 Å². The standard InChI is InChI=1S/C20H15F2NO4/c21-20(22)26-16-9-6-14(7-10-16)8-11-19(24)25-13-18-23-12-17(27-18)15-4-2-1-3-5-15/h1-12,20H,13H2/b11-8+. The number of halogens is 2. The molecule has 7 heteroatoms. The van der Waals surface area contributed by atoms with E-state index in [-0.39, 0.29) is 18.2 Å². The van der Waals surface area contributed by atoms with E-state index >= 15 is 0 Å². The SMILES string of the molecule is O=C(/C=C/c1ccc(OC(F)F)cc1)OCc1ncc(-c2ccccc2)o1. The van der Waals surface area contributed by atoms with Crippen molar-refractivity contribution >= 4 is 12.0 Å². The second kappa shape index (κ2) is 8.75. The van der Waals surface area contributed by atoms with Gasteiger partial charge in [0, 0.05) is 11.6 Å². The van der Waals surface area contributed by atoms with E-state index in [1.165, 1.54) is 24.3 Å². The number of benzene rings is 2. The summed E-state index contributed by atoms with van der Waals surface area (Å²) in [6.45, 7) is -2.98. The van der Waals surface area contributed by atoms with Crippen molar-refractivity contribution in [2.24, 2.45) is 0 Å². The predicted octanol–water partition coefficient (Wildman–Crippen LogP) is 4.70. The lowest BCUT2D eigenvalue weighted by atomic mass is 10.2. The average molecular weight is 371 g/mol. The van der Waals surface area contributed by atoms with E-state index in [0.29, 0.717) is 11.3 Å². The van der Waals surface area contributed by atoms with Gasteiger partial charge in [-0.1, -0.05) is 42.5 Å². The Morgan fingerprint density at radius 3 is 2.56 bits per heavy atom. The van der Waals surface area contributed by atoms with Crippen molar-refractivity contribution in [1.82, 2.24) is 4.98 Å². The molecular formula is C20H15F2NO4. The van der Waals surface area contributed by atoms with E-state index in [1.807, 2.05) is 30.3 Å². The second-order valence-electron chi connectivity index (χ2n) is 5.37. The Kier molecular flexibility index (Phi) is 5.94. The molecule has 1 heterocycles. The predicted molar refractivity (Wildman–Crippen MR) is 93.8 cm³/mol. The highest BCUT2D eigenvalue weighted by Crippen LogP contribution is 2.20. The molecule has 0 aliphatic carbocycles. The number of esters is 1. The molecular weight excluding hydrogens is 356 g/mol. The highest BCUT2D eigenvalue weighted by molar-refractivity contribution is 5.87. The first kappa shape index (κ1) is 18.3. The first-order valence-electron chi connectivity index (χ1n) is 8.00. The summed E-state index contributed by atoms with van der Waals surface area (Å²) >= 11 is 0. The zero-order valence-electron chi connectivity index (χ0n) is 14.0. The van der Waals surface area contributed by atoms with Gasteiger partial charge in [-0.2, -0.15) is 8.78 Å². The van der Waals surface area contributed by atoms with Gasteiger partial charge in [0.1, 0.15) is 5.75 Å². The first-order chi connectivity index (χ1) is 13.1. The maximum absolute atomic E-state index is 12.1. The van der Waals surface area contributed by atoms with Crippen LogP contribution in [0.4, 0.5) is 8.78 Å². The number of alkyl halides is 2. The van der Waals surface area contributed by atoms with Gasteiger partial charge in [-0.05, 0) is 23.8 Å². The van der Waals surface area contributed by atoms with Crippen LogP contribution in [0.2, 0.25) is 0 Å². The molecule has 0 bridgehead atoms. The summed E-state index contributed by atoms with van der Waals surface area (Å²) in [6.07, 6.45) is 4.29. The number of ether oxygens (including phenoxy) is 2. The first-order valence-corrected chi connectivity index (χ1v) is 8.00. The summed E-state index contributed by atoms with van der Waals surface area (Å²) in [5.41, 5.74) is 1.51. The normalized spacial score (nSPS) is 11.1. The maximum atomic E-state index is 12.1. The lowest BCUT2D eigenvalue weighted by Crippen LogP contribution is -2.01. The van der Waals surface area contributed by atoms with Crippen molar-refractivity contribution in [2.45, 2.75) is 13.2 Å². The van der Waals surface area contributed by atoms with Crippen LogP contribution in [0.5, 0.6) is 5.75 Å². The Morgan fingerprint density at radius 1 is 1.11 bits per heavy atom. The fourth-order valence-electron chi connectivity index (χ4n) is 2.22. The highest BCUT2D eigenvalue weighted by atomic mass is 19.3. The van der Waals surface area contributed by atoms with Crippen LogP contribution in [0, 0.1) is 0 Å². The zero-order valence-corrected chi connectivity index (χ0v) is 14.0. The molecule has 0 amide bonds. The summed E-state index contributed by atoms with van der Waals surface area (Å²) < 4.78 is 39.0. The highest BCUT2D eigenvalue weighted by Gasteiger charge is 2.08. The number of hydrogen-bond acceptors (Lipinski definition) is 5. The van der Waals surface area contributed by atoms with E-state index in [0.717, 1.165) is 5.56 Å². The summed E-state index contributed by atoms with van der Waals surface area (Å²) in [5.74, 6) is 0.331. The van der Waals surface area contributed by atoms with Gasteiger partial charge in [0.25, 0.3) is 0 Å². The summed E-state index contributed by atoms with van der Waals surface area (Å²) in [7, 11) is 0. The Hall–Kier alpha value is -3.48. The van der Waals surface area contributed by atoms with Gasteiger partial charge in [0.2, 0.25) is 5.89 Å². The third-order valence-electron chi connectivity index (χ3n) is 3.47. The molecule has 5 nitrogen and oxygen atoms in total. The monoisotopic (exact) mass is 371 g/mol. The van der Waals surface area contributed by atoms with Crippen LogP contribution in [0.25, 0.3) is 17.4 Å². The molecule has 3 rings (SSSR count). The summed E-state index contributed by atoms with van der Waals surface area (Å²) in [5, 5.41) is 0. The smallest absolute Gasteiger partial charge is 0.387 e. The lowest BCUT2D eigenvalue weighted by molar-refractivity contribution is -0.139. The van der Waals surface area contributed by atoms with Crippen molar-refractivity contribution < 1.29 is 27.5 Å². The minimum Gasteiger partial charge on any atom is -0.453 e. The molecule has 1 aromatic heterocycles. The van der Waals surface area contributed by atoms with E-state index < -0.39 is 12.6 Å². The fourth-order valence-corrected chi connectivity index (χ4v) is 2.22. The van der Waals surface area contributed by atoms with E-state index in [4.69, 9.17) is 9.15 Å². The fraction of sp³-hybridized carbons (Fsp3) is 0.100. The molecule has 0 unspecified atom stereocenters. The molecule has 27 heavy (non-hydrogen) atoms. The third-order valence-corrected chi connectivity index (χ3v) is 3.47. The van der Waals surface area contributed by atoms with E-state index in [1.54, 1.807) is 18.3 Å². The Labute approximate surface area is 153 Å². The summed E-state index contributed by atoms with van der Waals surface area (Å²) in [4.78, 5) is 15.8. The molecule has 0 spiro atoms. The van der Waals surface area contributed by atoms with Crippen molar-refractivity contribution in [3.63, 3.8) is 0 Å². The van der Waals surface area contributed by atoms with Crippen molar-refractivity contribution in [1.29, 1.82) is 0 Å². The molecule has 0 radical (unpaired) electrons. The van der Waals surface area contributed by atoms with Crippen LogP contribution in [0.15, 0.2) is 71.3 Å². The Balaban J connectivity index is 1.51. The summed E-state index contributed by atoms with van der Waals surface area (Å²) in [6, 6.07) is 15.3. The Morgan fingerprint density at radius 2 is 1.85 bits per heavy atom. The maximum Gasteiger partial charge on any atom is 0.387 e. The number of nitrogens with zero attached hydrogens (tertiary/aromatic N) is 1. The molecule has 0 N–H and O–H groups in total. The number of hydrogen-bond donors (Lipinski definition) is 0. The molecule has 3 aromatic rings. The zero-order chi connectivity index (χ0) is 19.1. The number of rotatable bonds is 7. The Bertz CT molecular complexity index is 905. The van der Waals surface area contributed by atoms with Gasteiger partial charge in [-0.3, -0.25) is 0 Å². The van der Waals surface area contributed by atoms with Crippen LogP contribution in [0.3, 0.4) is 0 Å². The van der Waals surface area contributed by atoms with Crippen molar-refractivity contribution in [3.05, 3.63) is 78.3 Å². The van der Waals surface area contributed by atoms with Gasteiger partial charge in [0.15, 0.2) is 12.4 Å². The van der Waals surface area contributed by atoms with Crippen LogP contribution < -0.4 is 4.74 Å². The van der Waals surface area contributed by atoms with E-state index in [2.05, 4.69) is 9.72 Å². The minimum atomic E-state index is -2.88. The van der Waals surface area contributed by atoms with Crippen LogP contribution in [-0.4, -0.2) is 17.6 Å². The van der Waals surface area contributed by atoms with Gasteiger partial charge in [-0.15, -0.1) is 0 Å². The van der Waals surface area contributed by atoms with Crippen LogP contribution in [-0.2, 0) is 16.1 Å². The van der Waals surface area contributed by atoms with Gasteiger partial charge in [-0.25, -0.2) is 9.78 Å². The van der Waals surface area contributed by atoms with Gasteiger partial charge in [0.05, 0.1) is 6.20 Å². The molecule has 0 atom stereocenters. The number of oxazole rings is 1. The van der Waals surface area contributed by atoms with Crippen LogP contribution in [0.1, 0.15) is 11.5 Å². The lowest BCUT2D eigenvalue weighted by Gasteiger charge is -2.03. The molecule has 0 aliphatic heterocycles. The molecule has 2 aromatic carbocycles. The van der Waals surface area contributed by atoms with Gasteiger partial charge < -0.3 is 13.9 Å². The topological polar surface area (TPSA) is 61.6 Å². The number of aromatic nitrogens is 1. The molecule has 0 aliphatic rings. The molecule has 0 saturated heterocycles. The third kappa shape index (κ3) is 5.50. The van der Waals surface area contributed by atoms with Crippen molar-refractivity contribution in [2.75, 3.05) is 0 Å². The van der Waals surface area contributed by atoms with Crippen molar-refractivity contribution in [3.8, 4) is 17.1 Å². The number of carbonyl (C=O) groups excluding carboxylic acids is 1. The minimum absolute atomic E-state index is 0.0443.